The van der Waals surface area contributed by atoms with Gasteiger partial charge < -0.3 is 4.74 Å². The lowest BCUT2D eigenvalue weighted by molar-refractivity contribution is 0.415. The molecule has 0 radical (unpaired) electrons. The molecule has 0 aliphatic heterocycles. The zero-order valence-electron chi connectivity index (χ0n) is 12.9. The van der Waals surface area contributed by atoms with Crippen LogP contribution < -0.4 is 4.74 Å². The highest BCUT2D eigenvalue weighted by Crippen LogP contribution is 2.19. The van der Waals surface area contributed by atoms with Crippen LogP contribution >= 0.6 is 0 Å². The second-order valence-electron chi connectivity index (χ2n) is 5.00. The smallest absolute Gasteiger partial charge is 0.294 e. The average molecular weight is 330 g/mol. The molecule has 4 nitrogen and oxygen atoms in total. The molecule has 3 rings (SSSR count). The lowest BCUT2D eigenvalue weighted by Gasteiger charge is -2.00. The van der Waals surface area contributed by atoms with Gasteiger partial charge in [-0.1, -0.05) is 48.0 Å². The summed E-state index contributed by atoms with van der Waals surface area (Å²) in [5.74, 6) is 0.911. The van der Waals surface area contributed by atoms with Crippen LogP contribution in [0.5, 0.6) is 5.75 Å². The van der Waals surface area contributed by atoms with Gasteiger partial charge in [0.05, 0.1) is 12.0 Å². The molecule has 0 atom stereocenters. The molecule has 0 bridgehead atoms. The third-order valence-corrected chi connectivity index (χ3v) is 4.14. The topological polar surface area (TPSA) is 63.6 Å². The fourth-order valence-corrected chi connectivity index (χ4v) is 2.48. The lowest BCUT2D eigenvalue weighted by Crippen LogP contribution is -1.96. The minimum absolute atomic E-state index is 0.0666. The number of hydrogen-bond acceptors (Lipinski definition) is 3. The predicted molar refractivity (Wildman–Crippen MR) is 91.5 cm³/mol. The Kier molecular flexibility index (Phi) is 5.36. The Balaban J connectivity index is 0.000000168. The third kappa shape index (κ3) is 4.81. The lowest BCUT2D eigenvalue weighted by atomic mass is 10.1. The van der Waals surface area contributed by atoms with E-state index < -0.39 is 10.1 Å². The Morgan fingerprint density at radius 3 is 2.04 bits per heavy atom. The molecule has 0 saturated carbocycles. The summed E-state index contributed by atoms with van der Waals surface area (Å²) < 4.78 is 34.7. The van der Waals surface area contributed by atoms with Crippen LogP contribution in [0.4, 0.5) is 0 Å². The Morgan fingerprint density at radius 2 is 1.48 bits per heavy atom. The van der Waals surface area contributed by atoms with E-state index in [1.807, 2.05) is 31.2 Å². The van der Waals surface area contributed by atoms with E-state index in [1.165, 1.54) is 22.9 Å². The number of rotatable bonds is 2. The fourth-order valence-electron chi connectivity index (χ4n) is 2.00. The molecule has 0 saturated heterocycles. The molecular formula is C18H18O4S. The van der Waals surface area contributed by atoms with Crippen molar-refractivity contribution in [3.05, 3.63) is 72.3 Å². The molecule has 0 aliphatic rings. The number of fused-ring (bicyclic) bond motifs is 1. The van der Waals surface area contributed by atoms with Crippen LogP contribution in [0.1, 0.15) is 5.56 Å². The zero-order valence-corrected chi connectivity index (χ0v) is 13.7. The molecule has 0 spiro atoms. The monoisotopic (exact) mass is 330 g/mol. The molecule has 120 valence electrons. The molecule has 3 aromatic rings. The molecule has 23 heavy (non-hydrogen) atoms. The molecule has 0 amide bonds. The van der Waals surface area contributed by atoms with Crippen molar-refractivity contribution in [3.8, 4) is 5.75 Å². The van der Waals surface area contributed by atoms with Gasteiger partial charge in [0.25, 0.3) is 10.1 Å². The van der Waals surface area contributed by atoms with Crippen molar-refractivity contribution in [2.45, 2.75) is 11.8 Å². The molecule has 0 aliphatic carbocycles. The van der Waals surface area contributed by atoms with Crippen molar-refractivity contribution in [2.75, 3.05) is 7.11 Å². The number of methoxy groups -OCH3 is 1. The third-order valence-electron chi connectivity index (χ3n) is 3.28. The van der Waals surface area contributed by atoms with E-state index >= 15 is 0 Å². The van der Waals surface area contributed by atoms with Crippen LogP contribution in [0.15, 0.2) is 71.6 Å². The quantitative estimate of drug-likeness (QED) is 0.719. The van der Waals surface area contributed by atoms with Crippen LogP contribution in [0.3, 0.4) is 0 Å². The summed E-state index contributed by atoms with van der Waals surface area (Å²) in [5, 5.41) is 2.47. The molecular weight excluding hydrogens is 312 g/mol. The Bertz CT molecular complexity index is 884. The first kappa shape index (κ1) is 17.0. The standard InChI is InChI=1S/C11H10O.C7H8O3S/c1-12-11-7-6-9-4-2-3-5-10(9)8-11;1-6-2-4-7(5-3-6)11(8,9)10/h2-8H,1H3;2-5H,1H3,(H,8,9,10). The summed E-state index contributed by atoms with van der Waals surface area (Å²) in [4.78, 5) is -0.0666. The summed E-state index contributed by atoms with van der Waals surface area (Å²) in [6.07, 6.45) is 0. The largest absolute Gasteiger partial charge is 0.497 e. The first-order valence-electron chi connectivity index (χ1n) is 6.97. The summed E-state index contributed by atoms with van der Waals surface area (Å²) in [6, 6.07) is 20.3. The van der Waals surface area contributed by atoms with Gasteiger partial charge in [-0.2, -0.15) is 8.42 Å². The van der Waals surface area contributed by atoms with E-state index in [-0.39, 0.29) is 4.90 Å². The second kappa shape index (κ2) is 7.26. The minimum Gasteiger partial charge on any atom is -0.497 e. The highest BCUT2D eigenvalue weighted by molar-refractivity contribution is 7.85. The Labute approximate surface area is 136 Å². The summed E-state index contributed by atoms with van der Waals surface area (Å²) in [7, 11) is -2.33. The van der Waals surface area contributed by atoms with Crippen LogP contribution in [0, 0.1) is 6.92 Å². The maximum absolute atomic E-state index is 10.5. The van der Waals surface area contributed by atoms with Crippen molar-refractivity contribution in [3.63, 3.8) is 0 Å². The van der Waals surface area contributed by atoms with Crippen molar-refractivity contribution in [1.29, 1.82) is 0 Å². The molecule has 3 aromatic carbocycles. The van der Waals surface area contributed by atoms with Crippen molar-refractivity contribution >= 4 is 20.9 Å². The maximum atomic E-state index is 10.5. The van der Waals surface area contributed by atoms with E-state index in [0.717, 1.165) is 11.3 Å². The van der Waals surface area contributed by atoms with Gasteiger partial charge in [-0.25, -0.2) is 0 Å². The summed E-state index contributed by atoms with van der Waals surface area (Å²) >= 11 is 0. The number of benzene rings is 3. The van der Waals surface area contributed by atoms with Gasteiger partial charge in [-0.3, -0.25) is 4.55 Å². The molecule has 0 heterocycles. The molecule has 1 N–H and O–H groups in total. The van der Waals surface area contributed by atoms with E-state index in [1.54, 1.807) is 19.2 Å². The zero-order chi connectivity index (χ0) is 16.9. The van der Waals surface area contributed by atoms with Gasteiger partial charge in [0.15, 0.2) is 0 Å². The van der Waals surface area contributed by atoms with E-state index in [9.17, 15) is 8.42 Å². The van der Waals surface area contributed by atoms with Crippen LogP contribution in [-0.4, -0.2) is 20.1 Å². The first-order chi connectivity index (χ1) is 10.9. The Morgan fingerprint density at radius 1 is 0.870 bits per heavy atom. The van der Waals surface area contributed by atoms with E-state index in [2.05, 4.69) is 18.2 Å². The van der Waals surface area contributed by atoms with Gasteiger partial charge in [0.2, 0.25) is 0 Å². The predicted octanol–water partition coefficient (Wildman–Crippen LogP) is 4.09. The van der Waals surface area contributed by atoms with Gasteiger partial charge in [0, 0.05) is 0 Å². The van der Waals surface area contributed by atoms with Gasteiger partial charge in [-0.05, 0) is 42.0 Å². The van der Waals surface area contributed by atoms with Gasteiger partial charge in [-0.15, -0.1) is 0 Å². The maximum Gasteiger partial charge on any atom is 0.294 e. The second-order valence-corrected chi connectivity index (χ2v) is 6.42. The summed E-state index contributed by atoms with van der Waals surface area (Å²) in [6.45, 7) is 1.84. The number of hydrogen-bond donors (Lipinski definition) is 1. The normalized spacial score (nSPS) is 10.7. The average Bonchev–Trinajstić information content (AvgIpc) is 2.54. The SMILES string of the molecule is COc1ccc2ccccc2c1.Cc1ccc(S(=O)(=O)O)cc1. The number of aryl methyl sites for hydroxylation is 1. The van der Waals surface area contributed by atoms with Gasteiger partial charge >= 0.3 is 0 Å². The number of ether oxygens (including phenoxy) is 1. The molecule has 0 unspecified atom stereocenters. The van der Waals surface area contributed by atoms with E-state index in [0.29, 0.717) is 0 Å². The first-order valence-corrected chi connectivity index (χ1v) is 8.41. The van der Waals surface area contributed by atoms with Crippen LogP contribution in [-0.2, 0) is 10.1 Å². The minimum atomic E-state index is -4.02. The van der Waals surface area contributed by atoms with Crippen molar-refractivity contribution < 1.29 is 17.7 Å². The van der Waals surface area contributed by atoms with Crippen LogP contribution in [0.25, 0.3) is 10.8 Å². The van der Waals surface area contributed by atoms with Crippen molar-refractivity contribution in [1.82, 2.24) is 0 Å². The molecule has 0 fully saturated rings. The fraction of sp³-hybridized carbons (Fsp3) is 0.111. The van der Waals surface area contributed by atoms with E-state index in [4.69, 9.17) is 9.29 Å². The highest BCUT2D eigenvalue weighted by atomic mass is 32.2. The highest BCUT2D eigenvalue weighted by Gasteiger charge is 2.06. The van der Waals surface area contributed by atoms with Gasteiger partial charge in [0.1, 0.15) is 5.75 Å². The van der Waals surface area contributed by atoms with Crippen molar-refractivity contribution in [2.24, 2.45) is 0 Å². The molecule has 5 heteroatoms. The Hall–Kier alpha value is -2.37. The van der Waals surface area contributed by atoms with Crippen LogP contribution in [0.2, 0.25) is 0 Å². The summed E-state index contributed by atoms with van der Waals surface area (Å²) in [5.41, 5.74) is 0.956. The molecule has 0 aromatic heterocycles.